The minimum absolute atomic E-state index is 0.0542. The first-order valence-corrected chi connectivity index (χ1v) is 11.1. The van der Waals surface area contributed by atoms with E-state index in [1.165, 1.54) is 37.5 Å². The molecule has 2 bridgehead atoms. The number of sulfonamides is 1. The van der Waals surface area contributed by atoms with Gasteiger partial charge >= 0.3 is 0 Å². The van der Waals surface area contributed by atoms with Gasteiger partial charge in [0.05, 0.1) is 4.90 Å². The quantitative estimate of drug-likeness (QED) is 0.550. The van der Waals surface area contributed by atoms with Crippen LogP contribution in [-0.4, -0.2) is 20.4 Å². The summed E-state index contributed by atoms with van der Waals surface area (Å²) in [5, 5.41) is 2.71. The highest BCUT2D eigenvalue weighted by Crippen LogP contribution is 2.49. The molecule has 0 spiro atoms. The maximum absolute atomic E-state index is 12.7. The summed E-state index contributed by atoms with van der Waals surface area (Å²) in [6.45, 7) is 3.85. The van der Waals surface area contributed by atoms with Crippen molar-refractivity contribution in [2.75, 3.05) is 5.32 Å². The predicted molar refractivity (Wildman–Crippen MR) is 108 cm³/mol. The molecule has 2 aliphatic rings. The van der Waals surface area contributed by atoms with Gasteiger partial charge < -0.3 is 5.32 Å². The summed E-state index contributed by atoms with van der Waals surface area (Å²) < 4.78 is 28.3. The van der Waals surface area contributed by atoms with Crippen molar-refractivity contribution < 1.29 is 13.2 Å². The first-order chi connectivity index (χ1) is 12.9. The van der Waals surface area contributed by atoms with E-state index in [0.29, 0.717) is 17.5 Å². The van der Waals surface area contributed by atoms with E-state index in [-0.39, 0.29) is 16.8 Å². The fourth-order valence-corrected chi connectivity index (χ4v) is 5.76. The van der Waals surface area contributed by atoms with Crippen LogP contribution in [0.3, 0.4) is 0 Å². The van der Waals surface area contributed by atoms with Crippen LogP contribution in [0, 0.1) is 17.8 Å². The Labute approximate surface area is 162 Å². The molecule has 0 radical (unpaired) electrons. The first kappa shape index (κ1) is 19.8. The Bertz CT molecular complexity index is 827. The van der Waals surface area contributed by atoms with Crippen LogP contribution in [0.2, 0.25) is 0 Å². The van der Waals surface area contributed by atoms with E-state index in [9.17, 15) is 13.2 Å². The Kier molecular flexibility index (Phi) is 6.17. The van der Waals surface area contributed by atoms with Crippen molar-refractivity contribution in [3.63, 3.8) is 0 Å². The fourth-order valence-electron chi connectivity index (χ4n) is 4.46. The van der Waals surface area contributed by atoms with Crippen molar-refractivity contribution >= 4 is 21.6 Å². The average Bonchev–Trinajstić information content (AvgIpc) is 3.25. The SMILES string of the molecule is C/C=C/C=C/C(=O)Nc1ccc(S(=O)(=O)NC(C)C2CC3CCC2C3)cc1. The van der Waals surface area contributed by atoms with Crippen molar-refractivity contribution in [2.45, 2.75) is 50.5 Å². The zero-order chi connectivity index (χ0) is 19.4. The van der Waals surface area contributed by atoms with Crippen LogP contribution in [0.4, 0.5) is 5.69 Å². The van der Waals surface area contributed by atoms with Gasteiger partial charge in [-0.15, -0.1) is 0 Å². The molecule has 2 saturated carbocycles. The Morgan fingerprint density at radius 2 is 1.89 bits per heavy atom. The second-order valence-electron chi connectivity index (χ2n) is 7.65. The summed E-state index contributed by atoms with van der Waals surface area (Å²) in [6.07, 6.45) is 11.6. The molecule has 146 valence electrons. The van der Waals surface area contributed by atoms with Gasteiger partial charge in [-0.1, -0.05) is 24.6 Å². The van der Waals surface area contributed by atoms with E-state index in [0.717, 1.165) is 12.3 Å². The molecule has 1 aromatic carbocycles. The Balaban J connectivity index is 1.60. The molecule has 0 heterocycles. The van der Waals surface area contributed by atoms with Gasteiger partial charge in [0.2, 0.25) is 15.9 Å². The molecule has 3 rings (SSSR count). The topological polar surface area (TPSA) is 75.3 Å². The Morgan fingerprint density at radius 3 is 2.48 bits per heavy atom. The van der Waals surface area contributed by atoms with Gasteiger partial charge in [0.15, 0.2) is 0 Å². The lowest BCUT2D eigenvalue weighted by atomic mass is 9.84. The van der Waals surface area contributed by atoms with E-state index < -0.39 is 10.0 Å². The highest BCUT2D eigenvalue weighted by Gasteiger charge is 2.42. The molecule has 27 heavy (non-hydrogen) atoms. The average molecular weight is 389 g/mol. The summed E-state index contributed by atoms with van der Waals surface area (Å²) in [6, 6.07) is 6.22. The van der Waals surface area contributed by atoms with E-state index in [1.807, 2.05) is 19.9 Å². The van der Waals surface area contributed by atoms with Crippen LogP contribution < -0.4 is 10.0 Å². The van der Waals surface area contributed by atoms with Crippen molar-refractivity contribution in [1.29, 1.82) is 0 Å². The Morgan fingerprint density at radius 1 is 1.15 bits per heavy atom. The van der Waals surface area contributed by atoms with Crippen LogP contribution in [-0.2, 0) is 14.8 Å². The van der Waals surface area contributed by atoms with Gasteiger partial charge in [0.1, 0.15) is 0 Å². The number of amides is 1. The number of allylic oxidation sites excluding steroid dienone is 3. The number of hydrogen-bond acceptors (Lipinski definition) is 3. The molecule has 1 aromatic rings. The van der Waals surface area contributed by atoms with E-state index >= 15 is 0 Å². The molecule has 4 atom stereocenters. The van der Waals surface area contributed by atoms with Crippen molar-refractivity contribution in [2.24, 2.45) is 17.8 Å². The summed E-state index contributed by atoms with van der Waals surface area (Å²) in [5.41, 5.74) is 0.560. The zero-order valence-electron chi connectivity index (χ0n) is 15.9. The number of fused-ring (bicyclic) bond motifs is 2. The van der Waals surface area contributed by atoms with Crippen molar-refractivity contribution in [3.05, 3.63) is 48.6 Å². The lowest BCUT2D eigenvalue weighted by molar-refractivity contribution is -0.111. The molecule has 0 aliphatic heterocycles. The summed E-state index contributed by atoms with van der Waals surface area (Å²) in [7, 11) is -3.56. The zero-order valence-corrected chi connectivity index (χ0v) is 16.7. The van der Waals surface area contributed by atoms with Crippen LogP contribution in [0.5, 0.6) is 0 Å². The molecule has 6 heteroatoms. The number of benzene rings is 1. The number of anilines is 1. The molecule has 2 N–H and O–H groups in total. The lowest BCUT2D eigenvalue weighted by Crippen LogP contribution is -2.40. The summed E-state index contributed by atoms with van der Waals surface area (Å²) in [5.74, 6) is 1.64. The maximum atomic E-state index is 12.7. The van der Waals surface area contributed by atoms with Crippen molar-refractivity contribution in [1.82, 2.24) is 4.72 Å². The molecule has 4 unspecified atom stereocenters. The lowest BCUT2D eigenvalue weighted by Gasteiger charge is -2.28. The van der Waals surface area contributed by atoms with Gasteiger partial charge in [-0.25, -0.2) is 13.1 Å². The fraction of sp³-hybridized carbons (Fsp3) is 0.476. The van der Waals surface area contributed by atoms with E-state index in [4.69, 9.17) is 0 Å². The normalized spacial score (nSPS) is 26.1. The maximum Gasteiger partial charge on any atom is 0.248 e. The minimum atomic E-state index is -3.56. The smallest absolute Gasteiger partial charge is 0.248 e. The third-order valence-corrected chi connectivity index (χ3v) is 7.33. The van der Waals surface area contributed by atoms with Crippen molar-refractivity contribution in [3.8, 4) is 0 Å². The summed E-state index contributed by atoms with van der Waals surface area (Å²) in [4.78, 5) is 12.0. The van der Waals surface area contributed by atoms with Crippen LogP contribution in [0.1, 0.15) is 39.5 Å². The number of hydrogen-bond donors (Lipinski definition) is 2. The van der Waals surface area contributed by atoms with Gasteiger partial charge in [0.25, 0.3) is 0 Å². The molecule has 5 nitrogen and oxygen atoms in total. The molecule has 2 aliphatic carbocycles. The molecule has 0 saturated heterocycles. The first-order valence-electron chi connectivity index (χ1n) is 9.62. The predicted octanol–water partition coefficient (Wildman–Crippen LogP) is 3.86. The highest BCUT2D eigenvalue weighted by molar-refractivity contribution is 7.89. The number of carbonyl (C=O) groups is 1. The second kappa shape index (κ2) is 8.40. The van der Waals surface area contributed by atoms with Gasteiger partial charge in [-0.3, -0.25) is 4.79 Å². The van der Waals surface area contributed by atoms with Gasteiger partial charge in [0, 0.05) is 17.8 Å². The molecular weight excluding hydrogens is 360 g/mol. The molecule has 2 fully saturated rings. The monoisotopic (exact) mass is 388 g/mol. The standard InChI is InChI=1S/C21H28N2O3S/c1-3-4-5-6-21(24)22-18-9-11-19(12-10-18)27(25,26)23-15(2)20-14-16-7-8-17(20)13-16/h3-6,9-12,15-17,20,23H,7-8,13-14H2,1-2H3,(H,22,24)/b4-3+,6-5+. The van der Waals surface area contributed by atoms with E-state index in [1.54, 1.807) is 24.3 Å². The third-order valence-electron chi connectivity index (χ3n) is 5.76. The van der Waals surface area contributed by atoms with Gasteiger partial charge in [-0.05, 0) is 75.1 Å². The highest BCUT2D eigenvalue weighted by atomic mass is 32.2. The van der Waals surface area contributed by atoms with Crippen LogP contribution in [0.15, 0.2) is 53.5 Å². The Hall–Kier alpha value is -1.92. The largest absolute Gasteiger partial charge is 0.323 e. The molecule has 1 amide bonds. The minimum Gasteiger partial charge on any atom is -0.323 e. The third kappa shape index (κ3) is 4.87. The molecular formula is C21H28N2O3S. The summed E-state index contributed by atoms with van der Waals surface area (Å²) >= 11 is 0. The number of nitrogens with one attached hydrogen (secondary N) is 2. The van der Waals surface area contributed by atoms with Crippen LogP contribution in [0.25, 0.3) is 0 Å². The second-order valence-corrected chi connectivity index (χ2v) is 9.36. The number of rotatable bonds is 7. The van der Waals surface area contributed by atoms with Crippen LogP contribution >= 0.6 is 0 Å². The number of carbonyl (C=O) groups excluding carboxylic acids is 1. The van der Waals surface area contributed by atoms with E-state index in [2.05, 4.69) is 10.0 Å². The van der Waals surface area contributed by atoms with Gasteiger partial charge in [-0.2, -0.15) is 0 Å². The molecule has 0 aromatic heterocycles.